The summed E-state index contributed by atoms with van der Waals surface area (Å²) in [5.41, 5.74) is 6.39. The van der Waals surface area contributed by atoms with Gasteiger partial charge in [0.15, 0.2) is 4.77 Å². The van der Waals surface area contributed by atoms with Crippen molar-refractivity contribution >= 4 is 34.6 Å². The van der Waals surface area contributed by atoms with Gasteiger partial charge in [-0.15, -0.1) is 11.3 Å². The Morgan fingerprint density at radius 3 is 3.12 bits per heavy atom. The Kier molecular flexibility index (Phi) is 2.57. The number of rotatable bonds is 2. The van der Waals surface area contributed by atoms with Crippen LogP contribution < -0.4 is 0 Å². The van der Waals surface area contributed by atoms with Crippen LogP contribution in [0.15, 0.2) is 29.1 Å². The first kappa shape index (κ1) is 10.7. The molecule has 86 valence electrons. The predicted octanol–water partition coefficient (Wildman–Crippen LogP) is 3.51. The molecule has 0 aliphatic heterocycles. The molecule has 2 heterocycles. The van der Waals surface area contributed by atoms with Crippen LogP contribution in [-0.4, -0.2) is 14.5 Å². The van der Waals surface area contributed by atoms with E-state index in [0.29, 0.717) is 0 Å². The van der Waals surface area contributed by atoms with Gasteiger partial charge in [0.2, 0.25) is 0 Å². The zero-order valence-electron chi connectivity index (χ0n) is 9.30. The normalized spacial score (nSPS) is 11.1. The fourth-order valence-electron chi connectivity index (χ4n) is 2.03. The second kappa shape index (κ2) is 4.09. The van der Waals surface area contributed by atoms with Crippen LogP contribution in [0.4, 0.5) is 0 Å². The van der Waals surface area contributed by atoms with E-state index in [1.807, 2.05) is 11.6 Å². The van der Waals surface area contributed by atoms with Crippen molar-refractivity contribution in [1.82, 2.24) is 14.5 Å². The van der Waals surface area contributed by atoms with E-state index in [1.165, 1.54) is 11.1 Å². The van der Waals surface area contributed by atoms with Crippen molar-refractivity contribution in [3.05, 3.63) is 45.1 Å². The molecule has 0 spiro atoms. The first-order valence-electron chi connectivity index (χ1n) is 5.31. The molecule has 1 aromatic carbocycles. The minimum atomic E-state index is 0.729. The largest absolute Gasteiger partial charge is 0.331 e. The van der Waals surface area contributed by atoms with E-state index < -0.39 is 0 Å². The molecule has 0 bridgehead atoms. The van der Waals surface area contributed by atoms with Gasteiger partial charge in [0.25, 0.3) is 0 Å². The van der Waals surface area contributed by atoms with Crippen LogP contribution in [0.1, 0.15) is 11.3 Å². The monoisotopic (exact) mass is 261 g/mol. The highest BCUT2D eigenvalue weighted by Crippen LogP contribution is 2.19. The Morgan fingerprint density at radius 2 is 2.35 bits per heavy atom. The number of benzene rings is 1. The summed E-state index contributed by atoms with van der Waals surface area (Å²) in [4.78, 5) is 7.54. The fourth-order valence-corrected chi connectivity index (χ4v) is 2.85. The molecule has 0 atom stereocenters. The van der Waals surface area contributed by atoms with Gasteiger partial charge >= 0.3 is 0 Å². The molecule has 0 saturated carbocycles. The first-order valence-corrected chi connectivity index (χ1v) is 6.66. The first-order chi connectivity index (χ1) is 8.25. The Hall–Kier alpha value is -1.46. The van der Waals surface area contributed by atoms with Crippen molar-refractivity contribution in [1.29, 1.82) is 0 Å². The quantitative estimate of drug-likeness (QED) is 0.716. The number of fused-ring (bicyclic) bond motifs is 1. The van der Waals surface area contributed by atoms with Gasteiger partial charge in [-0.3, -0.25) is 0 Å². The molecule has 2 aromatic heterocycles. The summed E-state index contributed by atoms with van der Waals surface area (Å²) in [6.45, 7) is 2.83. The fraction of sp³-hybridized carbons (Fsp3) is 0.167. The Bertz CT molecular complexity index is 707. The van der Waals surface area contributed by atoms with Crippen molar-refractivity contribution in [2.45, 2.75) is 13.5 Å². The Balaban J connectivity index is 2.21. The SMILES string of the molecule is Cc1cccc2[nH]c(=S)n(Cc3cscn3)c12. The van der Waals surface area contributed by atoms with Crippen LogP contribution in [-0.2, 0) is 6.54 Å². The molecule has 1 N–H and O–H groups in total. The number of hydrogen-bond donors (Lipinski definition) is 1. The Morgan fingerprint density at radius 1 is 1.47 bits per heavy atom. The number of aromatic amines is 1. The zero-order chi connectivity index (χ0) is 11.8. The highest BCUT2D eigenvalue weighted by Gasteiger charge is 2.07. The molecule has 0 radical (unpaired) electrons. The number of nitrogens with one attached hydrogen (secondary N) is 1. The molecule has 0 aliphatic rings. The minimum Gasteiger partial charge on any atom is -0.331 e. The maximum Gasteiger partial charge on any atom is 0.178 e. The standard InChI is InChI=1S/C12H11N3S2/c1-8-3-2-4-10-11(8)15(12(16)14-10)5-9-6-17-7-13-9/h2-4,6-7H,5H2,1H3,(H,14,16). The number of thiazole rings is 1. The highest BCUT2D eigenvalue weighted by atomic mass is 32.1. The smallest absolute Gasteiger partial charge is 0.178 e. The number of nitrogens with zero attached hydrogens (tertiary/aromatic N) is 2. The maximum atomic E-state index is 5.37. The van der Waals surface area contributed by atoms with E-state index in [9.17, 15) is 0 Å². The van der Waals surface area contributed by atoms with Gasteiger partial charge in [-0.1, -0.05) is 12.1 Å². The lowest BCUT2D eigenvalue weighted by molar-refractivity contribution is 0.789. The molecule has 5 heteroatoms. The van der Waals surface area contributed by atoms with Crippen molar-refractivity contribution < 1.29 is 0 Å². The van der Waals surface area contributed by atoms with Crippen molar-refractivity contribution in [2.24, 2.45) is 0 Å². The number of aryl methyl sites for hydroxylation is 1. The third-order valence-corrected chi connectivity index (χ3v) is 3.76. The molecule has 0 unspecified atom stereocenters. The summed E-state index contributed by atoms with van der Waals surface area (Å²) in [7, 11) is 0. The molecule has 0 fully saturated rings. The molecular weight excluding hydrogens is 250 g/mol. The second-order valence-electron chi connectivity index (χ2n) is 3.97. The number of para-hydroxylation sites is 1. The molecule has 0 saturated heterocycles. The van der Waals surface area contributed by atoms with Gasteiger partial charge in [-0.05, 0) is 30.8 Å². The van der Waals surface area contributed by atoms with Crippen molar-refractivity contribution in [3.63, 3.8) is 0 Å². The Labute approximate surface area is 108 Å². The average Bonchev–Trinajstić information content (AvgIpc) is 2.89. The number of imidazole rings is 1. The van der Waals surface area contributed by atoms with Crippen LogP contribution in [0.5, 0.6) is 0 Å². The van der Waals surface area contributed by atoms with E-state index >= 15 is 0 Å². The van der Waals surface area contributed by atoms with Gasteiger partial charge in [0.1, 0.15) is 0 Å². The predicted molar refractivity (Wildman–Crippen MR) is 73.1 cm³/mol. The summed E-state index contributed by atoms with van der Waals surface area (Å²) in [6.07, 6.45) is 0. The van der Waals surface area contributed by atoms with E-state index in [4.69, 9.17) is 12.2 Å². The number of hydrogen-bond acceptors (Lipinski definition) is 3. The van der Waals surface area contributed by atoms with Gasteiger partial charge < -0.3 is 9.55 Å². The lowest BCUT2D eigenvalue weighted by Gasteiger charge is -2.04. The van der Waals surface area contributed by atoms with Crippen LogP contribution in [0.25, 0.3) is 11.0 Å². The van der Waals surface area contributed by atoms with Crippen molar-refractivity contribution in [3.8, 4) is 0 Å². The third kappa shape index (κ3) is 1.81. The molecule has 3 aromatic rings. The molecule has 17 heavy (non-hydrogen) atoms. The minimum absolute atomic E-state index is 0.729. The molecule has 3 rings (SSSR count). The lowest BCUT2D eigenvalue weighted by Crippen LogP contribution is -2.00. The zero-order valence-corrected chi connectivity index (χ0v) is 10.9. The number of aromatic nitrogens is 3. The van der Waals surface area contributed by atoms with Gasteiger partial charge in [0.05, 0.1) is 28.8 Å². The van der Waals surface area contributed by atoms with Gasteiger partial charge in [-0.2, -0.15) is 0 Å². The van der Waals surface area contributed by atoms with Crippen molar-refractivity contribution in [2.75, 3.05) is 0 Å². The summed E-state index contributed by atoms with van der Waals surface area (Å²) >= 11 is 6.98. The summed E-state index contributed by atoms with van der Waals surface area (Å²) in [5, 5.41) is 2.05. The van der Waals surface area contributed by atoms with Gasteiger partial charge in [-0.25, -0.2) is 4.98 Å². The molecule has 3 nitrogen and oxygen atoms in total. The topological polar surface area (TPSA) is 33.6 Å². The van der Waals surface area contributed by atoms with E-state index in [0.717, 1.165) is 22.5 Å². The van der Waals surface area contributed by atoms with E-state index in [-0.39, 0.29) is 0 Å². The summed E-state index contributed by atoms with van der Waals surface area (Å²) in [5.74, 6) is 0. The molecular formula is C12H11N3S2. The van der Waals surface area contributed by atoms with Crippen LogP contribution >= 0.6 is 23.6 Å². The lowest BCUT2D eigenvalue weighted by atomic mass is 10.2. The van der Waals surface area contributed by atoms with Crippen LogP contribution in [0.2, 0.25) is 0 Å². The second-order valence-corrected chi connectivity index (χ2v) is 5.07. The van der Waals surface area contributed by atoms with Gasteiger partial charge in [0, 0.05) is 5.38 Å². The average molecular weight is 261 g/mol. The highest BCUT2D eigenvalue weighted by molar-refractivity contribution is 7.71. The molecule has 0 aliphatic carbocycles. The summed E-state index contributed by atoms with van der Waals surface area (Å²) < 4.78 is 2.86. The maximum absolute atomic E-state index is 5.37. The van der Waals surface area contributed by atoms with Crippen LogP contribution in [0, 0.1) is 11.7 Å². The summed E-state index contributed by atoms with van der Waals surface area (Å²) in [6, 6.07) is 6.19. The van der Waals surface area contributed by atoms with E-state index in [1.54, 1.807) is 11.3 Å². The molecule has 0 amide bonds. The number of H-pyrrole nitrogens is 1. The van der Waals surface area contributed by atoms with Crippen LogP contribution in [0.3, 0.4) is 0 Å². The third-order valence-electron chi connectivity index (χ3n) is 2.80. The van der Waals surface area contributed by atoms with E-state index in [2.05, 4.69) is 39.0 Å².